The molecule has 17 heavy (non-hydrogen) atoms. The van der Waals surface area contributed by atoms with Crippen LogP contribution in [0.5, 0.6) is 0 Å². The summed E-state index contributed by atoms with van der Waals surface area (Å²) in [6.07, 6.45) is 4.14. The van der Waals surface area contributed by atoms with Gasteiger partial charge < -0.3 is 9.73 Å². The second-order valence-corrected chi connectivity index (χ2v) is 5.11. The highest BCUT2D eigenvalue weighted by atomic mass is 19.3. The summed E-state index contributed by atoms with van der Waals surface area (Å²) < 4.78 is 31.6. The maximum atomic E-state index is 13.2. The van der Waals surface area contributed by atoms with Gasteiger partial charge in [0, 0.05) is 31.3 Å². The van der Waals surface area contributed by atoms with E-state index in [0.717, 1.165) is 5.69 Å². The van der Waals surface area contributed by atoms with Crippen molar-refractivity contribution in [3.63, 3.8) is 0 Å². The van der Waals surface area contributed by atoms with Crippen LogP contribution < -0.4 is 5.32 Å². The molecule has 2 aliphatic carbocycles. The molecule has 1 aromatic rings. The Kier molecular flexibility index (Phi) is 2.65. The second-order valence-electron chi connectivity index (χ2n) is 5.11. The van der Waals surface area contributed by atoms with Crippen LogP contribution in [0, 0.1) is 0 Å². The van der Waals surface area contributed by atoms with Crippen LogP contribution in [0.3, 0.4) is 0 Å². The van der Waals surface area contributed by atoms with Crippen molar-refractivity contribution in [1.82, 2.24) is 10.3 Å². The molecule has 3 rings (SSSR count). The van der Waals surface area contributed by atoms with Crippen molar-refractivity contribution in [3.05, 3.63) is 17.8 Å². The van der Waals surface area contributed by atoms with Gasteiger partial charge >= 0.3 is 0 Å². The molecule has 0 radical (unpaired) electrons. The zero-order valence-corrected chi connectivity index (χ0v) is 9.59. The molecule has 1 heterocycles. The third-order valence-corrected chi connectivity index (χ3v) is 3.58. The van der Waals surface area contributed by atoms with E-state index in [2.05, 4.69) is 10.3 Å². The highest BCUT2D eigenvalue weighted by Crippen LogP contribution is 2.44. The first kappa shape index (κ1) is 11.1. The van der Waals surface area contributed by atoms with E-state index in [4.69, 9.17) is 4.42 Å². The summed E-state index contributed by atoms with van der Waals surface area (Å²) in [5.74, 6) is -2.03. The molecule has 2 aliphatic rings. The largest absolute Gasteiger partial charge is 0.448 e. The second kappa shape index (κ2) is 4.05. The molecule has 94 valence electrons. The SMILES string of the molecule is FC1(F)CCC(c2ocnc2CNC2CC2)C1. The van der Waals surface area contributed by atoms with Gasteiger partial charge in [-0.3, -0.25) is 0 Å². The van der Waals surface area contributed by atoms with E-state index >= 15 is 0 Å². The van der Waals surface area contributed by atoms with Crippen LogP contribution in [0.1, 0.15) is 49.5 Å². The van der Waals surface area contributed by atoms with E-state index in [9.17, 15) is 8.78 Å². The fourth-order valence-corrected chi connectivity index (χ4v) is 2.45. The smallest absolute Gasteiger partial charge is 0.248 e. The zero-order valence-electron chi connectivity index (χ0n) is 9.59. The lowest BCUT2D eigenvalue weighted by Crippen LogP contribution is -2.17. The maximum absolute atomic E-state index is 13.2. The average Bonchev–Trinajstić information content (AvgIpc) is 2.87. The minimum absolute atomic E-state index is 0.0339. The third kappa shape index (κ3) is 2.49. The van der Waals surface area contributed by atoms with Crippen molar-refractivity contribution in [1.29, 1.82) is 0 Å². The first-order valence-corrected chi connectivity index (χ1v) is 6.17. The van der Waals surface area contributed by atoms with Crippen molar-refractivity contribution in [2.75, 3.05) is 0 Å². The molecular weight excluding hydrogens is 226 g/mol. The monoisotopic (exact) mass is 242 g/mol. The fourth-order valence-electron chi connectivity index (χ4n) is 2.45. The van der Waals surface area contributed by atoms with E-state index in [1.165, 1.54) is 19.2 Å². The number of alkyl halides is 2. The molecule has 5 heteroatoms. The molecule has 0 aromatic carbocycles. The van der Waals surface area contributed by atoms with Gasteiger partial charge in [0.15, 0.2) is 6.39 Å². The standard InChI is InChI=1S/C12H16F2N2O/c13-12(14)4-3-8(5-12)11-10(16-7-17-11)6-15-9-1-2-9/h7-9,15H,1-6H2. The van der Waals surface area contributed by atoms with Crippen molar-refractivity contribution in [2.45, 2.75) is 56.5 Å². The predicted molar refractivity (Wildman–Crippen MR) is 57.9 cm³/mol. The number of hydrogen-bond acceptors (Lipinski definition) is 3. The lowest BCUT2D eigenvalue weighted by molar-refractivity contribution is 0.00717. The molecule has 0 saturated heterocycles. The van der Waals surface area contributed by atoms with E-state index in [1.807, 2.05) is 0 Å². The molecule has 2 fully saturated rings. The Balaban J connectivity index is 1.67. The molecule has 0 aliphatic heterocycles. The first-order chi connectivity index (χ1) is 8.14. The van der Waals surface area contributed by atoms with E-state index in [1.54, 1.807) is 0 Å². The molecule has 1 unspecified atom stereocenters. The lowest BCUT2D eigenvalue weighted by Gasteiger charge is -2.09. The van der Waals surface area contributed by atoms with Gasteiger partial charge in [0.2, 0.25) is 5.92 Å². The Morgan fingerprint density at radius 2 is 2.24 bits per heavy atom. The van der Waals surface area contributed by atoms with Crippen molar-refractivity contribution in [3.8, 4) is 0 Å². The average molecular weight is 242 g/mol. The van der Waals surface area contributed by atoms with Crippen LogP contribution in [-0.2, 0) is 6.54 Å². The quantitative estimate of drug-likeness (QED) is 0.882. The number of aromatic nitrogens is 1. The molecule has 0 bridgehead atoms. The van der Waals surface area contributed by atoms with Crippen molar-refractivity contribution >= 4 is 0 Å². The molecule has 2 saturated carbocycles. The minimum atomic E-state index is -2.53. The van der Waals surface area contributed by atoms with E-state index < -0.39 is 5.92 Å². The first-order valence-electron chi connectivity index (χ1n) is 6.17. The summed E-state index contributed by atoms with van der Waals surface area (Å²) >= 11 is 0. The number of rotatable bonds is 4. The Hall–Kier alpha value is -0.970. The van der Waals surface area contributed by atoms with Gasteiger partial charge in [-0.05, 0) is 19.3 Å². The Bertz CT molecular complexity index is 401. The van der Waals surface area contributed by atoms with Crippen molar-refractivity contribution in [2.24, 2.45) is 0 Å². The summed E-state index contributed by atoms with van der Waals surface area (Å²) in [7, 11) is 0. The van der Waals surface area contributed by atoms with Gasteiger partial charge in [-0.2, -0.15) is 0 Å². The minimum Gasteiger partial charge on any atom is -0.448 e. The number of halogens is 2. The molecule has 1 atom stereocenters. The third-order valence-electron chi connectivity index (χ3n) is 3.58. The molecular formula is C12H16F2N2O. The fraction of sp³-hybridized carbons (Fsp3) is 0.750. The van der Waals surface area contributed by atoms with Gasteiger partial charge in [-0.15, -0.1) is 0 Å². The summed E-state index contributed by atoms with van der Waals surface area (Å²) in [6, 6.07) is 0.588. The normalized spacial score (nSPS) is 27.5. The number of nitrogens with zero attached hydrogens (tertiary/aromatic N) is 1. The summed E-state index contributed by atoms with van der Waals surface area (Å²) in [6.45, 7) is 0.637. The van der Waals surface area contributed by atoms with Crippen LogP contribution in [0.4, 0.5) is 8.78 Å². The summed E-state index contributed by atoms with van der Waals surface area (Å²) in [5, 5.41) is 3.33. The Morgan fingerprint density at radius 1 is 1.41 bits per heavy atom. The molecule has 1 aromatic heterocycles. The highest BCUT2D eigenvalue weighted by molar-refractivity contribution is 5.15. The number of hydrogen-bond donors (Lipinski definition) is 1. The molecule has 3 nitrogen and oxygen atoms in total. The topological polar surface area (TPSA) is 38.1 Å². The van der Waals surface area contributed by atoms with Crippen LogP contribution in [0.2, 0.25) is 0 Å². The van der Waals surface area contributed by atoms with Crippen LogP contribution in [-0.4, -0.2) is 16.9 Å². The van der Waals surface area contributed by atoms with Gasteiger partial charge in [0.25, 0.3) is 0 Å². The van der Waals surface area contributed by atoms with E-state index in [0.29, 0.717) is 24.8 Å². The maximum Gasteiger partial charge on any atom is 0.248 e. The van der Waals surface area contributed by atoms with Crippen LogP contribution in [0.25, 0.3) is 0 Å². The van der Waals surface area contributed by atoms with Gasteiger partial charge in [0.05, 0.1) is 5.69 Å². The molecule has 0 amide bonds. The van der Waals surface area contributed by atoms with Gasteiger partial charge in [-0.1, -0.05) is 0 Å². The Labute approximate surface area is 98.6 Å². The van der Waals surface area contributed by atoms with Crippen LogP contribution >= 0.6 is 0 Å². The summed E-state index contributed by atoms with van der Waals surface area (Å²) in [5.41, 5.74) is 0.805. The molecule has 1 N–H and O–H groups in total. The van der Waals surface area contributed by atoms with Gasteiger partial charge in [-0.25, -0.2) is 13.8 Å². The van der Waals surface area contributed by atoms with E-state index in [-0.39, 0.29) is 18.8 Å². The number of nitrogens with one attached hydrogen (secondary N) is 1. The zero-order chi connectivity index (χ0) is 11.9. The van der Waals surface area contributed by atoms with Crippen molar-refractivity contribution < 1.29 is 13.2 Å². The Morgan fingerprint density at radius 3 is 2.88 bits per heavy atom. The van der Waals surface area contributed by atoms with Gasteiger partial charge in [0.1, 0.15) is 5.76 Å². The number of oxazole rings is 1. The van der Waals surface area contributed by atoms with Crippen LogP contribution in [0.15, 0.2) is 10.8 Å². The predicted octanol–water partition coefficient (Wildman–Crippen LogP) is 2.83. The molecule has 0 spiro atoms. The highest BCUT2D eigenvalue weighted by Gasteiger charge is 2.42. The lowest BCUT2D eigenvalue weighted by atomic mass is 10.0. The summed E-state index contributed by atoms with van der Waals surface area (Å²) in [4.78, 5) is 4.13.